The van der Waals surface area contributed by atoms with Crippen molar-refractivity contribution >= 4 is 58.2 Å². The van der Waals surface area contributed by atoms with Crippen LogP contribution in [0.15, 0.2) is 42.0 Å². The Morgan fingerprint density at radius 3 is 2.30 bits per heavy atom. The van der Waals surface area contributed by atoms with Crippen molar-refractivity contribution in [3.05, 3.63) is 62.7 Å². The molecule has 9 nitrogen and oxygen atoms in total. The van der Waals surface area contributed by atoms with E-state index in [2.05, 4.69) is 5.32 Å². The van der Waals surface area contributed by atoms with Gasteiger partial charge in [0.2, 0.25) is 0 Å². The zero-order valence-electron chi connectivity index (χ0n) is 15.7. The Bertz CT molecular complexity index is 1100. The van der Waals surface area contributed by atoms with Crippen molar-refractivity contribution in [1.29, 1.82) is 0 Å². The Morgan fingerprint density at radius 1 is 1.13 bits per heavy atom. The highest BCUT2D eigenvalue weighted by Crippen LogP contribution is 2.36. The van der Waals surface area contributed by atoms with Gasteiger partial charge in [0.15, 0.2) is 16.6 Å². The summed E-state index contributed by atoms with van der Waals surface area (Å²) in [7, 11) is 2.70. The summed E-state index contributed by atoms with van der Waals surface area (Å²) >= 11 is 11.0. The molecule has 1 aliphatic heterocycles. The number of rotatable bonds is 5. The second-order valence-corrected chi connectivity index (χ2v) is 6.78. The number of hydrogen-bond donors (Lipinski definition) is 1. The third-order valence-electron chi connectivity index (χ3n) is 4.22. The molecule has 0 radical (unpaired) electrons. The van der Waals surface area contributed by atoms with Gasteiger partial charge in [0.05, 0.1) is 36.5 Å². The van der Waals surface area contributed by atoms with Crippen molar-refractivity contribution < 1.29 is 24.0 Å². The number of amides is 2. The summed E-state index contributed by atoms with van der Waals surface area (Å²) in [6, 6.07) is 8.70. The minimum atomic E-state index is -0.778. The molecule has 30 heavy (non-hydrogen) atoms. The monoisotopic (exact) mass is 447 g/mol. The number of carbonyl (C=O) groups is 2. The molecule has 0 bridgehead atoms. The lowest BCUT2D eigenvalue weighted by Crippen LogP contribution is -2.54. The SMILES string of the molecule is COc1cc(C=C2C(=O)NC(=S)N(c3ccc(Cl)cc3)C2=O)c([N+](=O)[O-])cc1OC. The van der Waals surface area contributed by atoms with Crippen LogP contribution in [0.25, 0.3) is 6.08 Å². The molecule has 1 saturated heterocycles. The van der Waals surface area contributed by atoms with Crippen LogP contribution >= 0.6 is 23.8 Å². The zero-order valence-corrected chi connectivity index (χ0v) is 17.2. The van der Waals surface area contributed by atoms with Crippen molar-refractivity contribution in [3.63, 3.8) is 0 Å². The highest BCUT2D eigenvalue weighted by Gasteiger charge is 2.35. The molecule has 0 atom stereocenters. The zero-order chi connectivity index (χ0) is 22.0. The lowest BCUT2D eigenvalue weighted by atomic mass is 10.0. The minimum Gasteiger partial charge on any atom is -0.493 e. The highest BCUT2D eigenvalue weighted by atomic mass is 35.5. The maximum Gasteiger partial charge on any atom is 0.280 e. The van der Waals surface area contributed by atoms with Crippen LogP contribution in [0.5, 0.6) is 11.5 Å². The first-order valence-electron chi connectivity index (χ1n) is 8.34. The topological polar surface area (TPSA) is 111 Å². The molecule has 0 aliphatic carbocycles. The maximum atomic E-state index is 13.0. The van der Waals surface area contributed by atoms with Crippen molar-refractivity contribution in [2.24, 2.45) is 0 Å². The number of benzene rings is 2. The van der Waals surface area contributed by atoms with Crippen molar-refractivity contribution in [3.8, 4) is 11.5 Å². The molecule has 0 spiro atoms. The highest BCUT2D eigenvalue weighted by molar-refractivity contribution is 7.80. The Labute approximate surface area is 181 Å². The molecule has 1 N–H and O–H groups in total. The van der Waals surface area contributed by atoms with Crippen molar-refractivity contribution in [2.45, 2.75) is 0 Å². The van der Waals surface area contributed by atoms with E-state index >= 15 is 0 Å². The largest absolute Gasteiger partial charge is 0.493 e. The number of hydrogen-bond acceptors (Lipinski definition) is 7. The fourth-order valence-corrected chi connectivity index (χ4v) is 3.20. The van der Waals surface area contributed by atoms with Gasteiger partial charge in [-0.15, -0.1) is 0 Å². The molecule has 2 aromatic carbocycles. The van der Waals surface area contributed by atoms with E-state index in [9.17, 15) is 19.7 Å². The smallest absolute Gasteiger partial charge is 0.280 e. The summed E-state index contributed by atoms with van der Waals surface area (Å²) in [5.74, 6) is -1.19. The Balaban J connectivity index is 2.12. The molecule has 1 aliphatic rings. The van der Waals surface area contributed by atoms with Crippen LogP contribution in [0.3, 0.4) is 0 Å². The van der Waals surface area contributed by atoms with Crippen LogP contribution in [0, 0.1) is 10.1 Å². The summed E-state index contributed by atoms with van der Waals surface area (Å²) in [5, 5.41) is 14.3. The first-order chi connectivity index (χ1) is 14.3. The molecule has 11 heteroatoms. The molecule has 0 saturated carbocycles. The van der Waals surface area contributed by atoms with Gasteiger partial charge in [-0.25, -0.2) is 0 Å². The number of halogens is 1. The van der Waals surface area contributed by atoms with E-state index in [0.29, 0.717) is 10.7 Å². The molecule has 1 heterocycles. The number of nitrogens with zero attached hydrogens (tertiary/aromatic N) is 2. The number of nitrogens with one attached hydrogen (secondary N) is 1. The standard InChI is InChI=1S/C19H14ClN3O6S/c1-28-15-8-10(14(23(26)27)9-16(15)29-2)7-13-17(24)21-19(30)22(18(13)25)12-5-3-11(20)4-6-12/h3-9H,1-2H3,(H,21,24,30). The second-order valence-electron chi connectivity index (χ2n) is 5.96. The van der Waals surface area contributed by atoms with E-state index in [0.717, 1.165) is 17.0 Å². The predicted octanol–water partition coefficient (Wildman–Crippen LogP) is 3.10. The van der Waals surface area contributed by atoms with Gasteiger partial charge in [0.25, 0.3) is 17.5 Å². The normalized spacial score (nSPS) is 15.2. The number of nitro groups is 1. The van der Waals surface area contributed by atoms with E-state index in [1.165, 1.54) is 20.3 Å². The second kappa shape index (κ2) is 8.47. The van der Waals surface area contributed by atoms with Crippen LogP contribution in [0.4, 0.5) is 11.4 Å². The molecule has 0 unspecified atom stereocenters. The van der Waals surface area contributed by atoms with Gasteiger partial charge in [-0.2, -0.15) is 0 Å². The van der Waals surface area contributed by atoms with Crippen LogP contribution in [-0.2, 0) is 9.59 Å². The van der Waals surface area contributed by atoms with Crippen LogP contribution in [0.1, 0.15) is 5.56 Å². The summed E-state index contributed by atoms with van der Waals surface area (Å²) in [4.78, 5) is 37.5. The fourth-order valence-electron chi connectivity index (χ4n) is 2.80. The number of carbonyl (C=O) groups excluding carboxylic acids is 2. The maximum absolute atomic E-state index is 13.0. The van der Waals surface area contributed by atoms with E-state index < -0.39 is 16.7 Å². The van der Waals surface area contributed by atoms with Crippen LogP contribution < -0.4 is 19.7 Å². The van der Waals surface area contributed by atoms with Crippen LogP contribution in [-0.4, -0.2) is 36.1 Å². The third-order valence-corrected chi connectivity index (χ3v) is 4.75. The molecule has 2 amide bonds. The molecular weight excluding hydrogens is 434 g/mol. The van der Waals surface area contributed by atoms with E-state index in [-0.39, 0.29) is 33.4 Å². The first-order valence-corrected chi connectivity index (χ1v) is 9.13. The average Bonchev–Trinajstić information content (AvgIpc) is 2.71. The van der Waals surface area contributed by atoms with Gasteiger partial charge in [0.1, 0.15) is 5.57 Å². The Morgan fingerprint density at radius 2 is 1.73 bits per heavy atom. The molecule has 2 aromatic rings. The predicted molar refractivity (Wildman–Crippen MR) is 114 cm³/mol. The first kappa shape index (κ1) is 21.2. The van der Waals surface area contributed by atoms with Crippen molar-refractivity contribution in [2.75, 3.05) is 19.1 Å². The van der Waals surface area contributed by atoms with Gasteiger partial charge in [-0.3, -0.25) is 29.9 Å². The third kappa shape index (κ3) is 3.95. The number of methoxy groups -OCH3 is 2. The van der Waals surface area contributed by atoms with E-state index in [1.54, 1.807) is 24.3 Å². The minimum absolute atomic E-state index is 0.0139. The fraction of sp³-hybridized carbons (Fsp3) is 0.105. The van der Waals surface area contributed by atoms with Gasteiger partial charge in [-0.1, -0.05) is 11.6 Å². The lowest BCUT2D eigenvalue weighted by Gasteiger charge is -2.28. The molecule has 154 valence electrons. The van der Waals surface area contributed by atoms with E-state index in [1.807, 2.05) is 0 Å². The summed E-state index contributed by atoms with van der Waals surface area (Å²) in [6.45, 7) is 0. The number of thiocarbonyl (C=S) groups is 1. The number of anilines is 1. The van der Waals surface area contributed by atoms with Gasteiger partial charge < -0.3 is 9.47 Å². The molecular formula is C19H14ClN3O6S. The molecule has 3 rings (SSSR count). The Kier molecular flexibility index (Phi) is 5.99. The van der Waals surface area contributed by atoms with Gasteiger partial charge >= 0.3 is 0 Å². The summed E-state index contributed by atoms with van der Waals surface area (Å²) in [6.07, 6.45) is 1.11. The number of ether oxygens (including phenoxy) is 2. The van der Waals surface area contributed by atoms with Crippen molar-refractivity contribution in [1.82, 2.24) is 5.32 Å². The molecule has 1 fully saturated rings. The van der Waals surface area contributed by atoms with Gasteiger partial charge in [0, 0.05) is 5.02 Å². The summed E-state index contributed by atoms with van der Waals surface area (Å²) < 4.78 is 10.2. The lowest BCUT2D eigenvalue weighted by molar-refractivity contribution is -0.385. The van der Waals surface area contributed by atoms with Gasteiger partial charge in [-0.05, 0) is 48.6 Å². The average molecular weight is 448 g/mol. The number of nitro benzene ring substituents is 1. The summed E-state index contributed by atoms with van der Waals surface area (Å²) in [5.41, 5.74) is -0.344. The molecule has 0 aromatic heterocycles. The van der Waals surface area contributed by atoms with E-state index in [4.69, 9.17) is 33.3 Å². The quantitative estimate of drug-likeness (QED) is 0.246. The van der Waals surface area contributed by atoms with Crippen LogP contribution in [0.2, 0.25) is 5.02 Å². The Hall–Kier alpha value is -3.50.